The molecule has 0 aliphatic carbocycles. The van der Waals surface area contributed by atoms with Crippen LogP contribution in [-0.2, 0) is 10.0 Å². The zero-order chi connectivity index (χ0) is 15.2. The standard InChI is InChI=1S/C14H24N2O2S2/c1-11(9-10-19-4)16-20(17,18)14-7-5-13(6-8-14)12(2)15-3/h5-8,11-12,15-16H,9-10H2,1-4H3. The Hall–Kier alpha value is -0.560. The minimum atomic E-state index is -3.42. The highest BCUT2D eigenvalue weighted by Gasteiger charge is 2.17. The first-order valence-electron chi connectivity index (χ1n) is 6.69. The zero-order valence-electron chi connectivity index (χ0n) is 12.5. The maximum absolute atomic E-state index is 12.2. The first-order chi connectivity index (χ1) is 9.40. The van der Waals surface area contributed by atoms with Crippen molar-refractivity contribution >= 4 is 21.8 Å². The molecule has 0 saturated carbocycles. The molecule has 4 nitrogen and oxygen atoms in total. The van der Waals surface area contributed by atoms with Crippen LogP contribution in [0.2, 0.25) is 0 Å². The van der Waals surface area contributed by atoms with Gasteiger partial charge in [-0.1, -0.05) is 12.1 Å². The molecule has 0 bridgehead atoms. The SMILES string of the molecule is CNC(C)c1ccc(S(=O)(=O)NC(C)CCSC)cc1. The molecule has 0 spiro atoms. The Morgan fingerprint density at radius 1 is 1.20 bits per heavy atom. The Balaban J connectivity index is 2.77. The molecule has 0 saturated heterocycles. The lowest BCUT2D eigenvalue weighted by molar-refractivity contribution is 0.557. The van der Waals surface area contributed by atoms with Gasteiger partial charge in [0.1, 0.15) is 0 Å². The molecule has 0 aliphatic rings. The van der Waals surface area contributed by atoms with Gasteiger partial charge in [-0.15, -0.1) is 0 Å². The van der Waals surface area contributed by atoms with E-state index in [9.17, 15) is 8.42 Å². The van der Waals surface area contributed by atoms with E-state index in [2.05, 4.69) is 10.0 Å². The van der Waals surface area contributed by atoms with Crippen molar-refractivity contribution in [3.8, 4) is 0 Å². The van der Waals surface area contributed by atoms with E-state index < -0.39 is 10.0 Å². The first-order valence-corrected chi connectivity index (χ1v) is 9.57. The number of sulfonamides is 1. The highest BCUT2D eigenvalue weighted by Crippen LogP contribution is 2.16. The van der Waals surface area contributed by atoms with Gasteiger partial charge >= 0.3 is 0 Å². The van der Waals surface area contributed by atoms with Crippen LogP contribution >= 0.6 is 11.8 Å². The average molecular weight is 316 g/mol. The van der Waals surface area contributed by atoms with Crippen LogP contribution in [0.15, 0.2) is 29.2 Å². The number of benzene rings is 1. The summed E-state index contributed by atoms with van der Waals surface area (Å²) in [7, 11) is -1.54. The Morgan fingerprint density at radius 2 is 1.80 bits per heavy atom. The number of hydrogen-bond donors (Lipinski definition) is 2. The van der Waals surface area contributed by atoms with Gasteiger partial charge in [-0.05, 0) is 57.0 Å². The van der Waals surface area contributed by atoms with Gasteiger partial charge in [0.2, 0.25) is 10.0 Å². The predicted octanol–water partition coefficient (Wildman–Crippen LogP) is 2.39. The summed E-state index contributed by atoms with van der Waals surface area (Å²) in [6.45, 7) is 3.93. The molecule has 2 atom stereocenters. The maximum Gasteiger partial charge on any atom is 0.240 e. The molecule has 0 heterocycles. The van der Waals surface area contributed by atoms with E-state index in [0.29, 0.717) is 4.90 Å². The minimum Gasteiger partial charge on any atom is -0.313 e. The third kappa shape index (κ3) is 5.09. The largest absolute Gasteiger partial charge is 0.313 e. The molecule has 0 aromatic heterocycles. The van der Waals surface area contributed by atoms with Crippen LogP contribution in [0.25, 0.3) is 0 Å². The van der Waals surface area contributed by atoms with Gasteiger partial charge in [0.15, 0.2) is 0 Å². The Kier molecular flexibility index (Phi) is 7.02. The van der Waals surface area contributed by atoms with Crippen LogP contribution in [0.1, 0.15) is 31.9 Å². The summed E-state index contributed by atoms with van der Waals surface area (Å²) in [5.74, 6) is 0.947. The molecule has 0 radical (unpaired) electrons. The summed E-state index contributed by atoms with van der Waals surface area (Å²) < 4.78 is 27.2. The fraction of sp³-hybridized carbons (Fsp3) is 0.571. The lowest BCUT2D eigenvalue weighted by Gasteiger charge is -2.15. The van der Waals surface area contributed by atoms with Crippen LogP contribution in [0.3, 0.4) is 0 Å². The highest BCUT2D eigenvalue weighted by molar-refractivity contribution is 7.98. The van der Waals surface area contributed by atoms with Crippen molar-refractivity contribution in [1.82, 2.24) is 10.0 Å². The van der Waals surface area contributed by atoms with Crippen molar-refractivity contribution in [1.29, 1.82) is 0 Å². The quantitative estimate of drug-likeness (QED) is 0.773. The summed E-state index contributed by atoms with van der Waals surface area (Å²) in [6.07, 6.45) is 2.85. The molecule has 1 aromatic carbocycles. The molecular formula is C14H24N2O2S2. The fourth-order valence-electron chi connectivity index (χ4n) is 1.79. The van der Waals surface area contributed by atoms with Gasteiger partial charge in [0, 0.05) is 12.1 Å². The van der Waals surface area contributed by atoms with Gasteiger partial charge in [0.05, 0.1) is 4.90 Å². The third-order valence-electron chi connectivity index (χ3n) is 3.23. The summed E-state index contributed by atoms with van der Waals surface area (Å²) in [4.78, 5) is 0.320. The first kappa shape index (κ1) is 17.5. The number of nitrogens with one attached hydrogen (secondary N) is 2. The van der Waals surface area contributed by atoms with Gasteiger partial charge in [-0.2, -0.15) is 11.8 Å². The van der Waals surface area contributed by atoms with Crippen molar-refractivity contribution < 1.29 is 8.42 Å². The average Bonchev–Trinajstić information content (AvgIpc) is 2.44. The minimum absolute atomic E-state index is 0.0524. The number of hydrogen-bond acceptors (Lipinski definition) is 4. The maximum atomic E-state index is 12.2. The van der Waals surface area contributed by atoms with E-state index in [1.54, 1.807) is 23.9 Å². The molecule has 1 aromatic rings. The van der Waals surface area contributed by atoms with E-state index in [0.717, 1.165) is 17.7 Å². The van der Waals surface area contributed by atoms with Crippen LogP contribution in [-0.4, -0.2) is 33.5 Å². The third-order valence-corrected chi connectivity index (χ3v) is 5.48. The molecule has 20 heavy (non-hydrogen) atoms. The van der Waals surface area contributed by atoms with Gasteiger partial charge in [-0.3, -0.25) is 0 Å². The van der Waals surface area contributed by atoms with Crippen molar-refractivity contribution in [2.75, 3.05) is 19.1 Å². The molecule has 0 aliphatic heterocycles. The second kappa shape index (κ2) is 8.02. The monoisotopic (exact) mass is 316 g/mol. The molecule has 2 unspecified atom stereocenters. The molecule has 2 N–H and O–H groups in total. The van der Waals surface area contributed by atoms with E-state index >= 15 is 0 Å². The van der Waals surface area contributed by atoms with Crippen molar-refractivity contribution in [2.24, 2.45) is 0 Å². The van der Waals surface area contributed by atoms with Crippen molar-refractivity contribution in [2.45, 2.75) is 37.2 Å². The van der Waals surface area contributed by atoms with Gasteiger partial charge in [0.25, 0.3) is 0 Å². The van der Waals surface area contributed by atoms with Crippen LogP contribution < -0.4 is 10.0 Å². The number of rotatable bonds is 8. The fourth-order valence-corrected chi connectivity index (χ4v) is 3.66. The summed E-state index contributed by atoms with van der Waals surface area (Å²) in [5, 5.41) is 3.13. The smallest absolute Gasteiger partial charge is 0.240 e. The second-order valence-corrected chi connectivity index (χ2v) is 7.58. The predicted molar refractivity (Wildman–Crippen MR) is 86.7 cm³/mol. The highest BCUT2D eigenvalue weighted by atomic mass is 32.2. The number of thioether (sulfide) groups is 1. The summed E-state index contributed by atoms with van der Waals surface area (Å²) >= 11 is 1.72. The lowest BCUT2D eigenvalue weighted by Crippen LogP contribution is -2.33. The topological polar surface area (TPSA) is 58.2 Å². The van der Waals surface area contributed by atoms with E-state index in [1.807, 2.05) is 39.3 Å². The summed E-state index contributed by atoms with van der Waals surface area (Å²) in [5.41, 5.74) is 1.07. The van der Waals surface area contributed by atoms with Gasteiger partial charge < -0.3 is 5.32 Å². The van der Waals surface area contributed by atoms with Gasteiger partial charge in [-0.25, -0.2) is 13.1 Å². The van der Waals surface area contributed by atoms with Crippen LogP contribution in [0.4, 0.5) is 0 Å². The Morgan fingerprint density at radius 3 is 2.30 bits per heavy atom. The summed E-state index contributed by atoms with van der Waals surface area (Å²) in [6, 6.07) is 7.17. The Labute approximate surface area is 126 Å². The van der Waals surface area contributed by atoms with Crippen molar-refractivity contribution in [3.05, 3.63) is 29.8 Å². The normalized spacial score (nSPS) is 15.0. The lowest BCUT2D eigenvalue weighted by atomic mass is 10.1. The van der Waals surface area contributed by atoms with E-state index in [-0.39, 0.29) is 12.1 Å². The molecule has 1 rings (SSSR count). The van der Waals surface area contributed by atoms with Crippen LogP contribution in [0, 0.1) is 0 Å². The van der Waals surface area contributed by atoms with Crippen molar-refractivity contribution in [3.63, 3.8) is 0 Å². The van der Waals surface area contributed by atoms with E-state index in [1.165, 1.54) is 0 Å². The molecule has 0 fully saturated rings. The Bertz CT molecular complexity index is 500. The van der Waals surface area contributed by atoms with E-state index in [4.69, 9.17) is 0 Å². The van der Waals surface area contributed by atoms with Crippen LogP contribution in [0.5, 0.6) is 0 Å². The molecule has 114 valence electrons. The zero-order valence-corrected chi connectivity index (χ0v) is 14.1. The second-order valence-electron chi connectivity index (χ2n) is 4.88. The molecule has 6 heteroatoms. The molecule has 0 amide bonds. The molecular weight excluding hydrogens is 292 g/mol.